The number of amides is 1. The van der Waals surface area contributed by atoms with E-state index in [1.165, 1.54) is 143 Å². The molecule has 258 valence electrons. The van der Waals surface area contributed by atoms with Crippen LogP contribution in [0.2, 0.25) is 0 Å². The van der Waals surface area contributed by atoms with Crippen molar-refractivity contribution in [3.8, 4) is 0 Å². The van der Waals surface area contributed by atoms with Gasteiger partial charge in [0.25, 0.3) is 5.91 Å². The Morgan fingerprint density at radius 1 is 0.353 bits per heavy atom. The molecule has 0 aliphatic carbocycles. The van der Waals surface area contributed by atoms with E-state index in [9.17, 15) is 0 Å². The maximum Gasteiger partial charge on any atom is 0.261 e. The standard InChI is InChI=1S/C48H50N2O/c1-17-21(5)33-22(6)18(2)26(10)36-38-28(12)30(14)40-43-39(29(13)27(11)37(42(38)43)35(25(17)9)41(33)36)47-49-45-31(15)19(3)23(7)34-24(8)20(4)32(16)46(44(34)45)50(47)48(40)51/h47,49H,1-16H3. The maximum absolute atomic E-state index is 15.6. The largest absolute Gasteiger partial charge is 0.360 e. The Morgan fingerprint density at radius 3 is 1.24 bits per heavy atom. The summed E-state index contributed by atoms with van der Waals surface area (Å²) in [6.45, 7) is 36.5. The summed E-state index contributed by atoms with van der Waals surface area (Å²) in [6.07, 6.45) is -0.312. The third-order valence-electron chi connectivity index (χ3n) is 14.9. The Labute approximate surface area is 302 Å². The summed E-state index contributed by atoms with van der Waals surface area (Å²) in [7, 11) is 0. The molecule has 1 amide bonds. The lowest BCUT2D eigenvalue weighted by Gasteiger charge is -2.45. The number of carbonyl (C=O) groups is 1. The molecule has 51 heavy (non-hydrogen) atoms. The number of anilines is 2. The van der Waals surface area contributed by atoms with Crippen molar-refractivity contribution < 1.29 is 4.79 Å². The number of carbonyl (C=O) groups excluding carboxylic acids is 1. The van der Waals surface area contributed by atoms with Crippen LogP contribution in [0.3, 0.4) is 0 Å². The molecule has 0 bridgehead atoms. The molecule has 0 aromatic heterocycles. The van der Waals surface area contributed by atoms with Gasteiger partial charge in [-0.15, -0.1) is 0 Å². The summed E-state index contributed by atoms with van der Waals surface area (Å²) in [4.78, 5) is 17.8. The quantitative estimate of drug-likeness (QED) is 0.129. The van der Waals surface area contributed by atoms with E-state index in [-0.39, 0.29) is 12.1 Å². The van der Waals surface area contributed by atoms with Gasteiger partial charge in [-0.1, -0.05) is 0 Å². The van der Waals surface area contributed by atoms with Crippen molar-refractivity contribution in [2.75, 3.05) is 10.2 Å². The normalized spacial score (nSPS) is 15.4. The van der Waals surface area contributed by atoms with Gasteiger partial charge >= 0.3 is 0 Å². The SMILES string of the molecule is Cc1c(C)c2c3c(c(C)c(C)c(C)c3c1C)N1C(=O)c3c(C)c(C)c4c5c(C)c(C)c(C)c6c(C)c(C)c(C)c(c7c(C)c(C)c(c3c47)C1N2)c65. The highest BCUT2D eigenvalue weighted by Crippen LogP contribution is 2.57. The minimum Gasteiger partial charge on any atom is -0.360 e. The fourth-order valence-corrected chi connectivity index (χ4v) is 10.9. The minimum atomic E-state index is -0.312. The number of nitrogens with zero attached hydrogens (tertiary/aromatic N) is 1. The van der Waals surface area contributed by atoms with Crippen LogP contribution in [0.1, 0.15) is 111 Å². The fourth-order valence-electron chi connectivity index (χ4n) is 10.9. The van der Waals surface area contributed by atoms with Crippen molar-refractivity contribution in [2.24, 2.45) is 0 Å². The zero-order valence-corrected chi connectivity index (χ0v) is 33.4. The van der Waals surface area contributed by atoms with Gasteiger partial charge in [0.15, 0.2) is 0 Å². The van der Waals surface area contributed by atoms with Crippen LogP contribution in [0.4, 0.5) is 11.4 Å². The van der Waals surface area contributed by atoms with E-state index in [1.54, 1.807) is 0 Å². The first kappa shape index (κ1) is 32.3. The van der Waals surface area contributed by atoms with Gasteiger partial charge in [-0.05, 0) is 243 Å². The zero-order chi connectivity index (χ0) is 36.8. The van der Waals surface area contributed by atoms with Crippen LogP contribution >= 0.6 is 0 Å². The van der Waals surface area contributed by atoms with E-state index in [0.717, 1.165) is 22.2 Å². The van der Waals surface area contributed by atoms with Crippen LogP contribution in [0.5, 0.6) is 0 Å². The molecule has 7 aromatic rings. The summed E-state index contributed by atoms with van der Waals surface area (Å²) < 4.78 is 0. The predicted molar refractivity (Wildman–Crippen MR) is 221 cm³/mol. The smallest absolute Gasteiger partial charge is 0.261 e. The number of hydrogen-bond acceptors (Lipinski definition) is 2. The van der Waals surface area contributed by atoms with Crippen LogP contribution in [-0.2, 0) is 0 Å². The monoisotopic (exact) mass is 670 g/mol. The second-order valence-corrected chi connectivity index (χ2v) is 16.5. The van der Waals surface area contributed by atoms with E-state index in [1.807, 2.05) is 0 Å². The van der Waals surface area contributed by atoms with Crippen molar-refractivity contribution in [3.63, 3.8) is 0 Å². The lowest BCUT2D eigenvalue weighted by atomic mass is 9.73. The Balaban J connectivity index is 1.57. The van der Waals surface area contributed by atoms with Crippen molar-refractivity contribution in [1.29, 1.82) is 0 Å². The van der Waals surface area contributed by atoms with Gasteiger partial charge in [0.1, 0.15) is 6.17 Å². The molecule has 2 aliphatic rings. The van der Waals surface area contributed by atoms with E-state index in [0.29, 0.717) is 0 Å². The predicted octanol–water partition coefficient (Wildman–Crippen LogP) is 12.9. The maximum atomic E-state index is 15.6. The average Bonchev–Trinajstić information content (AvgIpc) is 3.10. The fraction of sp³-hybridized carbons (Fsp3) is 0.354. The van der Waals surface area contributed by atoms with Gasteiger partial charge in [0, 0.05) is 22.0 Å². The van der Waals surface area contributed by atoms with Gasteiger partial charge in [0.2, 0.25) is 0 Å². The Hall–Kier alpha value is -4.63. The molecule has 1 atom stereocenters. The highest BCUT2D eigenvalue weighted by atomic mass is 16.2. The van der Waals surface area contributed by atoms with Crippen LogP contribution in [-0.4, -0.2) is 5.91 Å². The molecule has 1 N–H and O–H groups in total. The van der Waals surface area contributed by atoms with E-state index in [4.69, 9.17) is 0 Å². The summed E-state index contributed by atoms with van der Waals surface area (Å²) in [6, 6.07) is 0. The van der Waals surface area contributed by atoms with E-state index in [2.05, 4.69) is 121 Å². The number of hydrogen-bond donors (Lipinski definition) is 1. The summed E-state index contributed by atoms with van der Waals surface area (Å²) in [5.74, 6) is 0.111. The molecular weight excluding hydrogens is 621 g/mol. The third-order valence-corrected chi connectivity index (χ3v) is 14.9. The Bertz CT molecular complexity index is 2820. The second kappa shape index (κ2) is 9.82. The van der Waals surface area contributed by atoms with Crippen molar-refractivity contribution in [2.45, 2.75) is 117 Å². The molecule has 0 saturated carbocycles. The summed E-state index contributed by atoms with van der Waals surface area (Å²) in [5.41, 5.74) is 25.2. The molecule has 2 aliphatic heterocycles. The second-order valence-electron chi connectivity index (χ2n) is 16.5. The summed E-state index contributed by atoms with van der Waals surface area (Å²) in [5, 5.41) is 17.2. The number of benzene rings is 7. The molecule has 3 heteroatoms. The molecule has 9 rings (SSSR count). The van der Waals surface area contributed by atoms with Crippen LogP contribution in [0.15, 0.2) is 0 Å². The highest BCUT2D eigenvalue weighted by Gasteiger charge is 2.44. The Kier molecular flexibility index (Phi) is 6.22. The number of rotatable bonds is 0. The van der Waals surface area contributed by atoms with Crippen LogP contribution in [0, 0.1) is 111 Å². The van der Waals surface area contributed by atoms with Gasteiger partial charge in [-0.3, -0.25) is 9.69 Å². The Morgan fingerprint density at radius 2 is 0.725 bits per heavy atom. The van der Waals surface area contributed by atoms with Crippen molar-refractivity contribution >= 4 is 71.1 Å². The number of aryl methyl sites for hydroxylation is 8. The van der Waals surface area contributed by atoms with Gasteiger partial charge in [-0.25, -0.2) is 0 Å². The first-order valence-electron chi connectivity index (χ1n) is 18.7. The molecule has 0 spiro atoms. The first-order valence-corrected chi connectivity index (χ1v) is 18.7. The lowest BCUT2D eigenvalue weighted by molar-refractivity contribution is 0.0976. The molecule has 0 saturated heterocycles. The average molecular weight is 671 g/mol. The molecule has 3 nitrogen and oxygen atoms in total. The van der Waals surface area contributed by atoms with Crippen LogP contribution in [0.25, 0.3) is 53.9 Å². The number of nitrogens with one attached hydrogen (secondary N) is 1. The summed E-state index contributed by atoms with van der Waals surface area (Å²) >= 11 is 0. The third kappa shape index (κ3) is 3.36. The van der Waals surface area contributed by atoms with Gasteiger partial charge in [-0.2, -0.15) is 0 Å². The molecular formula is C48H50N2O. The first-order chi connectivity index (χ1) is 24.0. The lowest BCUT2D eigenvalue weighted by Crippen LogP contribution is -2.45. The highest BCUT2D eigenvalue weighted by molar-refractivity contribution is 6.40. The van der Waals surface area contributed by atoms with E-state index >= 15 is 4.79 Å². The van der Waals surface area contributed by atoms with Gasteiger partial charge in [0.05, 0.1) is 11.3 Å². The van der Waals surface area contributed by atoms with Crippen molar-refractivity contribution in [1.82, 2.24) is 0 Å². The molecule has 0 fully saturated rings. The van der Waals surface area contributed by atoms with Crippen LogP contribution < -0.4 is 10.2 Å². The molecule has 1 unspecified atom stereocenters. The molecule has 0 radical (unpaired) electrons. The molecule has 2 heterocycles. The van der Waals surface area contributed by atoms with Crippen molar-refractivity contribution in [3.05, 3.63) is 100 Å². The van der Waals surface area contributed by atoms with Gasteiger partial charge < -0.3 is 5.32 Å². The minimum absolute atomic E-state index is 0.111. The topological polar surface area (TPSA) is 32.3 Å². The van der Waals surface area contributed by atoms with E-state index < -0.39 is 0 Å². The zero-order valence-electron chi connectivity index (χ0n) is 33.4. The molecule has 7 aromatic carbocycles. The number of fused-ring (bicyclic) bond motifs is 5.